The van der Waals surface area contributed by atoms with Gasteiger partial charge in [-0.25, -0.2) is 5.43 Å². The molecule has 0 radical (unpaired) electrons. The van der Waals surface area contributed by atoms with E-state index in [0.717, 1.165) is 16.8 Å². The summed E-state index contributed by atoms with van der Waals surface area (Å²) < 4.78 is 7.11. The van der Waals surface area contributed by atoms with Gasteiger partial charge in [0, 0.05) is 29.9 Å². The van der Waals surface area contributed by atoms with Gasteiger partial charge in [0.2, 0.25) is 0 Å². The van der Waals surface area contributed by atoms with Crippen LogP contribution in [0.3, 0.4) is 0 Å². The number of allylic oxidation sites excluding steroid dienone is 1. The minimum absolute atomic E-state index is 0.138. The van der Waals surface area contributed by atoms with Gasteiger partial charge in [0.05, 0.1) is 12.0 Å². The molecule has 3 heterocycles. The van der Waals surface area contributed by atoms with E-state index in [9.17, 15) is 4.79 Å². The van der Waals surface area contributed by atoms with Gasteiger partial charge in [0.25, 0.3) is 5.91 Å². The highest BCUT2D eigenvalue weighted by molar-refractivity contribution is 7.99. The number of carbonyl (C=O) groups is 1. The molecule has 9 heteroatoms. The van der Waals surface area contributed by atoms with Crippen molar-refractivity contribution < 1.29 is 9.21 Å². The number of hydrogen-bond acceptors (Lipinski definition) is 7. The number of aromatic nitrogens is 4. The molecular weight excluding hydrogens is 424 g/mol. The van der Waals surface area contributed by atoms with Crippen LogP contribution in [-0.4, -0.2) is 37.6 Å². The van der Waals surface area contributed by atoms with Crippen molar-refractivity contribution in [1.29, 1.82) is 0 Å². The number of amides is 1. The molecule has 0 bridgehead atoms. The first kappa shape index (κ1) is 21.3. The topological polar surface area (TPSA) is 98.2 Å². The van der Waals surface area contributed by atoms with Crippen LogP contribution in [0.5, 0.6) is 0 Å². The van der Waals surface area contributed by atoms with Gasteiger partial charge in [0.15, 0.2) is 11.0 Å². The van der Waals surface area contributed by atoms with Gasteiger partial charge in [-0.3, -0.25) is 14.3 Å². The van der Waals surface area contributed by atoms with Crippen LogP contribution in [0, 0.1) is 6.92 Å². The van der Waals surface area contributed by atoms with E-state index >= 15 is 0 Å². The number of carbonyl (C=O) groups excluding carboxylic acids is 1. The van der Waals surface area contributed by atoms with Crippen molar-refractivity contribution in [2.24, 2.45) is 5.10 Å². The quantitative estimate of drug-likeness (QED) is 0.249. The lowest BCUT2D eigenvalue weighted by Gasteiger charge is -2.10. The molecule has 8 nitrogen and oxygen atoms in total. The zero-order valence-electron chi connectivity index (χ0n) is 17.3. The normalized spacial score (nSPS) is 11.4. The molecule has 0 saturated heterocycles. The molecule has 1 amide bonds. The Morgan fingerprint density at radius 3 is 2.72 bits per heavy atom. The third-order valence-corrected chi connectivity index (χ3v) is 5.28. The fourth-order valence-corrected chi connectivity index (χ4v) is 3.56. The average Bonchev–Trinajstić information content (AvgIpc) is 3.49. The zero-order valence-corrected chi connectivity index (χ0v) is 18.1. The van der Waals surface area contributed by atoms with Crippen molar-refractivity contribution in [2.75, 3.05) is 5.75 Å². The Bertz CT molecular complexity index is 1220. The summed E-state index contributed by atoms with van der Waals surface area (Å²) in [5.74, 6) is 1.28. The largest absolute Gasteiger partial charge is 0.465 e. The number of aryl methyl sites for hydroxylation is 1. The first-order chi connectivity index (χ1) is 15.7. The third kappa shape index (κ3) is 5.38. The smallest absolute Gasteiger partial charge is 0.250 e. The number of benzene rings is 1. The Hall–Kier alpha value is -3.98. The van der Waals surface area contributed by atoms with E-state index in [0.29, 0.717) is 16.7 Å². The van der Waals surface area contributed by atoms with Crippen LogP contribution in [0.4, 0.5) is 0 Å². The molecule has 0 unspecified atom stereocenters. The van der Waals surface area contributed by atoms with E-state index in [1.165, 1.54) is 18.0 Å². The Kier molecular flexibility index (Phi) is 6.88. The molecule has 0 atom stereocenters. The number of nitrogens with one attached hydrogen (secondary N) is 1. The monoisotopic (exact) mass is 444 g/mol. The second-order valence-electron chi connectivity index (χ2n) is 6.69. The lowest BCUT2D eigenvalue weighted by Crippen LogP contribution is -2.19. The van der Waals surface area contributed by atoms with Crippen LogP contribution in [0.25, 0.3) is 23.2 Å². The van der Waals surface area contributed by atoms with Crippen LogP contribution in [0.15, 0.2) is 87.9 Å². The Balaban J connectivity index is 1.45. The SMILES string of the molecule is Cc1ccc(-n2c(SCC(=O)NN=CC=Cc3ccco3)nnc2-c2ccncc2)cc1. The van der Waals surface area contributed by atoms with Gasteiger partial charge in [-0.1, -0.05) is 29.5 Å². The summed E-state index contributed by atoms with van der Waals surface area (Å²) >= 11 is 1.29. The summed E-state index contributed by atoms with van der Waals surface area (Å²) in [6.07, 6.45) is 9.92. The number of furan rings is 1. The standard InChI is InChI=1S/C23H20N6O2S/c1-17-6-8-19(9-7-17)29-22(18-10-13-24-14-11-18)27-28-23(29)32-16-21(30)26-25-12-2-4-20-5-3-15-31-20/h2-15H,16H2,1H3,(H,26,30). The minimum atomic E-state index is -0.249. The average molecular weight is 445 g/mol. The first-order valence-corrected chi connectivity index (χ1v) is 10.8. The lowest BCUT2D eigenvalue weighted by atomic mass is 10.2. The number of hydrogen-bond donors (Lipinski definition) is 1. The number of hydrazone groups is 1. The Labute approximate surface area is 189 Å². The second-order valence-corrected chi connectivity index (χ2v) is 7.63. The molecule has 32 heavy (non-hydrogen) atoms. The molecule has 1 N–H and O–H groups in total. The highest BCUT2D eigenvalue weighted by atomic mass is 32.2. The number of thioether (sulfide) groups is 1. The van der Waals surface area contributed by atoms with Crippen LogP contribution in [-0.2, 0) is 4.79 Å². The molecule has 4 rings (SSSR count). The van der Waals surface area contributed by atoms with Crippen LogP contribution in [0.1, 0.15) is 11.3 Å². The van der Waals surface area contributed by atoms with Crippen molar-refractivity contribution in [3.63, 3.8) is 0 Å². The summed E-state index contributed by atoms with van der Waals surface area (Å²) in [4.78, 5) is 16.3. The van der Waals surface area contributed by atoms with Crippen LogP contribution < -0.4 is 5.43 Å². The van der Waals surface area contributed by atoms with Crippen molar-refractivity contribution in [3.05, 3.63) is 84.6 Å². The summed E-state index contributed by atoms with van der Waals surface area (Å²) in [7, 11) is 0. The fourth-order valence-electron chi connectivity index (χ4n) is 2.82. The van der Waals surface area contributed by atoms with E-state index in [2.05, 4.69) is 25.7 Å². The molecule has 0 saturated carbocycles. The maximum Gasteiger partial charge on any atom is 0.250 e. The van der Waals surface area contributed by atoms with E-state index in [1.54, 1.807) is 36.9 Å². The molecule has 1 aromatic carbocycles. The van der Waals surface area contributed by atoms with Crippen LogP contribution in [0.2, 0.25) is 0 Å². The highest BCUT2D eigenvalue weighted by Gasteiger charge is 2.17. The summed E-state index contributed by atoms with van der Waals surface area (Å²) in [5.41, 5.74) is 5.45. The first-order valence-electron chi connectivity index (χ1n) is 9.78. The predicted octanol–water partition coefficient (Wildman–Crippen LogP) is 4.14. The van der Waals surface area contributed by atoms with Gasteiger partial charge >= 0.3 is 0 Å². The number of nitrogens with zero attached hydrogens (tertiary/aromatic N) is 5. The summed E-state index contributed by atoms with van der Waals surface area (Å²) in [6.45, 7) is 2.03. The Morgan fingerprint density at radius 2 is 1.97 bits per heavy atom. The van der Waals surface area contributed by atoms with Gasteiger partial charge in [-0.05, 0) is 55.5 Å². The van der Waals surface area contributed by atoms with Crippen molar-refractivity contribution in [1.82, 2.24) is 25.2 Å². The number of pyridine rings is 1. The van der Waals surface area contributed by atoms with Gasteiger partial charge in [-0.2, -0.15) is 5.10 Å². The predicted molar refractivity (Wildman–Crippen MR) is 124 cm³/mol. The van der Waals surface area contributed by atoms with Crippen LogP contribution >= 0.6 is 11.8 Å². The lowest BCUT2D eigenvalue weighted by molar-refractivity contribution is -0.118. The van der Waals surface area contributed by atoms with Gasteiger partial charge in [0.1, 0.15) is 5.76 Å². The highest BCUT2D eigenvalue weighted by Crippen LogP contribution is 2.27. The van der Waals surface area contributed by atoms with Crippen molar-refractivity contribution in [3.8, 4) is 17.1 Å². The van der Waals surface area contributed by atoms with Crippen molar-refractivity contribution in [2.45, 2.75) is 12.1 Å². The molecule has 4 aromatic rings. The fraction of sp³-hybridized carbons (Fsp3) is 0.0870. The molecule has 0 spiro atoms. The number of rotatable bonds is 8. The van der Waals surface area contributed by atoms with Crippen molar-refractivity contribution >= 4 is 30.0 Å². The van der Waals surface area contributed by atoms with E-state index < -0.39 is 0 Å². The second kappa shape index (κ2) is 10.4. The molecule has 0 aliphatic carbocycles. The van der Waals surface area contributed by atoms with Gasteiger partial charge in [-0.15, -0.1) is 10.2 Å². The molecule has 0 fully saturated rings. The molecule has 0 aliphatic rings. The van der Waals surface area contributed by atoms with E-state index in [-0.39, 0.29) is 11.7 Å². The zero-order chi connectivity index (χ0) is 22.2. The molecule has 160 valence electrons. The third-order valence-electron chi connectivity index (χ3n) is 4.35. The van der Waals surface area contributed by atoms with E-state index in [1.807, 2.05) is 54.0 Å². The van der Waals surface area contributed by atoms with Gasteiger partial charge < -0.3 is 4.42 Å². The molecule has 0 aliphatic heterocycles. The minimum Gasteiger partial charge on any atom is -0.465 e. The molecular formula is C23H20N6O2S. The van der Waals surface area contributed by atoms with E-state index in [4.69, 9.17) is 4.42 Å². The summed E-state index contributed by atoms with van der Waals surface area (Å²) in [6, 6.07) is 15.4. The Morgan fingerprint density at radius 1 is 1.16 bits per heavy atom. The summed E-state index contributed by atoms with van der Waals surface area (Å²) in [5, 5.41) is 13.2. The maximum atomic E-state index is 12.2. The maximum absolute atomic E-state index is 12.2. The molecule has 3 aromatic heterocycles.